The fourth-order valence-electron chi connectivity index (χ4n) is 8.05. The van der Waals surface area contributed by atoms with E-state index in [1.165, 1.54) is 193 Å². The molecular formula is C52H101NO5. The molecule has 3 N–H and O–H groups in total. The molecule has 0 aromatic rings. The average Bonchev–Trinajstić information content (AvgIpc) is 3.22. The minimum absolute atomic E-state index is 0.00973. The van der Waals surface area contributed by atoms with Gasteiger partial charge in [0.1, 0.15) is 0 Å². The maximum atomic E-state index is 12.4. The first-order valence-corrected chi connectivity index (χ1v) is 25.9. The van der Waals surface area contributed by atoms with Crippen molar-refractivity contribution in [2.75, 3.05) is 13.2 Å². The van der Waals surface area contributed by atoms with E-state index in [1.54, 1.807) is 0 Å². The number of amides is 1. The molecule has 0 fully saturated rings. The highest BCUT2D eigenvalue weighted by Gasteiger charge is 2.20. The Balaban J connectivity index is 3.41. The minimum atomic E-state index is -0.672. The molecule has 58 heavy (non-hydrogen) atoms. The highest BCUT2D eigenvalue weighted by atomic mass is 16.5. The molecule has 0 spiro atoms. The van der Waals surface area contributed by atoms with Gasteiger partial charge in [-0.15, -0.1) is 0 Å². The summed E-state index contributed by atoms with van der Waals surface area (Å²) in [5.41, 5.74) is 0. The summed E-state index contributed by atoms with van der Waals surface area (Å²) >= 11 is 0. The van der Waals surface area contributed by atoms with E-state index in [4.69, 9.17) is 4.74 Å². The molecule has 0 saturated carbocycles. The highest BCUT2D eigenvalue weighted by molar-refractivity contribution is 5.76. The van der Waals surface area contributed by atoms with Gasteiger partial charge in [-0.25, -0.2) is 0 Å². The highest BCUT2D eigenvalue weighted by Crippen LogP contribution is 2.16. The fourth-order valence-corrected chi connectivity index (χ4v) is 8.05. The average molecular weight is 820 g/mol. The normalized spacial score (nSPS) is 12.7. The van der Waals surface area contributed by atoms with Crippen LogP contribution in [-0.4, -0.2) is 47.4 Å². The van der Waals surface area contributed by atoms with E-state index in [-0.39, 0.29) is 18.5 Å². The summed E-state index contributed by atoms with van der Waals surface area (Å²) in [4.78, 5) is 24.5. The number of allylic oxidation sites excluding steroid dienone is 2. The molecular weight excluding hydrogens is 719 g/mol. The zero-order chi connectivity index (χ0) is 42.3. The Bertz CT molecular complexity index is 863. The number of carbonyl (C=O) groups excluding carboxylic acids is 2. The summed E-state index contributed by atoms with van der Waals surface area (Å²) < 4.78 is 5.47. The van der Waals surface area contributed by atoms with Crippen LogP contribution in [0.4, 0.5) is 0 Å². The van der Waals surface area contributed by atoms with Crippen molar-refractivity contribution in [2.24, 2.45) is 0 Å². The Labute approximate surface area is 361 Å². The van der Waals surface area contributed by atoms with E-state index in [0.717, 1.165) is 57.8 Å². The largest absolute Gasteiger partial charge is 0.466 e. The van der Waals surface area contributed by atoms with Gasteiger partial charge in [-0.1, -0.05) is 231 Å². The molecule has 0 saturated heterocycles. The van der Waals surface area contributed by atoms with Crippen molar-refractivity contribution in [1.29, 1.82) is 0 Å². The zero-order valence-electron chi connectivity index (χ0n) is 39.0. The number of ether oxygens (including phenoxy) is 1. The first kappa shape index (κ1) is 56.6. The third kappa shape index (κ3) is 44.2. The topological polar surface area (TPSA) is 95.9 Å². The molecule has 0 aromatic carbocycles. The molecule has 6 nitrogen and oxygen atoms in total. The Morgan fingerprint density at radius 3 is 1.22 bits per heavy atom. The van der Waals surface area contributed by atoms with Crippen LogP contribution in [0.25, 0.3) is 0 Å². The summed E-state index contributed by atoms with van der Waals surface area (Å²) in [7, 11) is 0. The number of hydrogen-bond acceptors (Lipinski definition) is 5. The molecule has 0 radical (unpaired) electrons. The lowest BCUT2D eigenvalue weighted by Crippen LogP contribution is -2.45. The lowest BCUT2D eigenvalue weighted by atomic mass is 10.0. The van der Waals surface area contributed by atoms with Crippen LogP contribution < -0.4 is 5.32 Å². The van der Waals surface area contributed by atoms with E-state index < -0.39 is 12.1 Å². The molecule has 1 amide bonds. The molecule has 344 valence electrons. The smallest absolute Gasteiger partial charge is 0.305 e. The Kier molecular flexibility index (Phi) is 47.1. The lowest BCUT2D eigenvalue weighted by Gasteiger charge is -2.22. The standard InChI is InChI=1S/C52H101NO5/c1-3-5-7-9-11-13-15-16-17-18-19-20-21-22-26-30-34-38-42-46-52(57)58-47-43-39-35-31-27-24-23-25-29-33-37-41-45-51(56)53-49(48-54)50(55)44-40-36-32-28-14-12-10-8-6-4-2/h16-17,49-50,54-55H,3-15,18-48H2,1-2H3,(H,53,56)/b17-16-. The maximum Gasteiger partial charge on any atom is 0.305 e. The van der Waals surface area contributed by atoms with E-state index >= 15 is 0 Å². The summed E-state index contributed by atoms with van der Waals surface area (Å²) in [6, 6.07) is -0.550. The van der Waals surface area contributed by atoms with Gasteiger partial charge in [0.25, 0.3) is 0 Å². The second-order valence-electron chi connectivity index (χ2n) is 17.9. The van der Waals surface area contributed by atoms with Gasteiger partial charge in [-0.05, 0) is 51.4 Å². The van der Waals surface area contributed by atoms with Gasteiger partial charge in [0.05, 0.1) is 25.4 Å². The summed E-state index contributed by atoms with van der Waals surface area (Å²) in [5, 5.41) is 23.1. The zero-order valence-corrected chi connectivity index (χ0v) is 39.0. The summed E-state index contributed by atoms with van der Waals surface area (Å²) in [5.74, 6) is -0.0615. The van der Waals surface area contributed by atoms with Gasteiger partial charge in [-0.2, -0.15) is 0 Å². The number of unbranched alkanes of at least 4 members (excludes halogenated alkanes) is 35. The van der Waals surface area contributed by atoms with Crippen LogP contribution >= 0.6 is 0 Å². The lowest BCUT2D eigenvalue weighted by molar-refractivity contribution is -0.143. The van der Waals surface area contributed by atoms with Crippen LogP contribution in [0.5, 0.6) is 0 Å². The molecule has 0 aliphatic heterocycles. The third-order valence-corrected chi connectivity index (χ3v) is 12.1. The molecule has 2 atom stereocenters. The van der Waals surface area contributed by atoms with Crippen molar-refractivity contribution < 1.29 is 24.5 Å². The van der Waals surface area contributed by atoms with Gasteiger partial charge in [0.2, 0.25) is 5.91 Å². The molecule has 0 aliphatic rings. The van der Waals surface area contributed by atoms with Crippen LogP contribution in [0, 0.1) is 0 Å². The number of hydrogen-bond donors (Lipinski definition) is 3. The van der Waals surface area contributed by atoms with Crippen molar-refractivity contribution in [3.63, 3.8) is 0 Å². The van der Waals surface area contributed by atoms with Crippen LogP contribution in [0.3, 0.4) is 0 Å². The Morgan fingerprint density at radius 1 is 0.466 bits per heavy atom. The number of rotatable bonds is 48. The SMILES string of the molecule is CCCCCCCC/C=C\CCCCCCCCCCCC(=O)OCCCCCCCCCCCCCCC(=O)NC(CO)C(O)CCCCCCCCCCCC. The molecule has 0 aromatic heterocycles. The van der Waals surface area contributed by atoms with Gasteiger partial charge >= 0.3 is 5.97 Å². The van der Waals surface area contributed by atoms with Gasteiger partial charge in [0.15, 0.2) is 0 Å². The van der Waals surface area contributed by atoms with E-state index in [2.05, 4.69) is 31.3 Å². The van der Waals surface area contributed by atoms with Gasteiger partial charge in [-0.3, -0.25) is 9.59 Å². The van der Waals surface area contributed by atoms with E-state index in [1.807, 2.05) is 0 Å². The Hall–Kier alpha value is -1.40. The molecule has 2 unspecified atom stereocenters. The quantitative estimate of drug-likeness (QED) is 0.0323. The monoisotopic (exact) mass is 820 g/mol. The maximum absolute atomic E-state index is 12.4. The van der Waals surface area contributed by atoms with Crippen LogP contribution in [0.2, 0.25) is 0 Å². The number of carbonyl (C=O) groups is 2. The fraction of sp³-hybridized carbons (Fsp3) is 0.923. The predicted molar refractivity (Wildman–Crippen MR) is 250 cm³/mol. The number of aliphatic hydroxyl groups excluding tert-OH is 2. The van der Waals surface area contributed by atoms with Crippen LogP contribution in [-0.2, 0) is 14.3 Å². The Morgan fingerprint density at radius 2 is 0.810 bits per heavy atom. The number of aliphatic hydroxyl groups is 2. The van der Waals surface area contributed by atoms with Gasteiger partial charge in [0, 0.05) is 12.8 Å². The van der Waals surface area contributed by atoms with Crippen molar-refractivity contribution in [1.82, 2.24) is 5.32 Å². The van der Waals surface area contributed by atoms with Crippen LogP contribution in [0.1, 0.15) is 284 Å². The second kappa shape index (κ2) is 48.3. The van der Waals surface area contributed by atoms with E-state index in [9.17, 15) is 19.8 Å². The predicted octanol–water partition coefficient (Wildman–Crippen LogP) is 15.3. The molecule has 6 heteroatoms. The van der Waals surface area contributed by atoms with Gasteiger partial charge < -0.3 is 20.3 Å². The first-order chi connectivity index (χ1) is 28.5. The van der Waals surface area contributed by atoms with Crippen molar-refractivity contribution in [3.05, 3.63) is 12.2 Å². The van der Waals surface area contributed by atoms with Crippen molar-refractivity contribution >= 4 is 11.9 Å². The van der Waals surface area contributed by atoms with Crippen molar-refractivity contribution in [3.8, 4) is 0 Å². The summed E-state index contributed by atoms with van der Waals surface area (Å²) in [6.45, 7) is 4.90. The molecule has 0 heterocycles. The van der Waals surface area contributed by atoms with Crippen molar-refractivity contribution in [2.45, 2.75) is 296 Å². The number of nitrogens with one attached hydrogen (secondary N) is 1. The third-order valence-electron chi connectivity index (χ3n) is 12.1. The van der Waals surface area contributed by atoms with Crippen LogP contribution in [0.15, 0.2) is 12.2 Å². The minimum Gasteiger partial charge on any atom is -0.466 e. The molecule has 0 aliphatic carbocycles. The molecule has 0 rings (SSSR count). The number of esters is 1. The molecule has 0 bridgehead atoms. The summed E-state index contributed by atoms with van der Waals surface area (Å²) in [6.07, 6.45) is 54.7. The second-order valence-corrected chi connectivity index (χ2v) is 17.9. The van der Waals surface area contributed by atoms with E-state index in [0.29, 0.717) is 25.9 Å². The first-order valence-electron chi connectivity index (χ1n) is 25.9.